The topological polar surface area (TPSA) is 0 Å². The highest BCUT2D eigenvalue weighted by Gasteiger charge is 2.05. The molecular weight excluding hydrogens is 144 g/mol. The van der Waals surface area contributed by atoms with E-state index in [0.717, 1.165) is 12.8 Å². The normalized spacial score (nSPS) is 16.7. The van der Waals surface area contributed by atoms with Gasteiger partial charge in [0.25, 0.3) is 0 Å². The molecule has 2 aliphatic carbocycles. The van der Waals surface area contributed by atoms with Crippen LogP contribution in [0.2, 0.25) is 0 Å². The van der Waals surface area contributed by atoms with Crippen LogP contribution in [0.15, 0.2) is 18.2 Å². The standard InChI is InChI=1S/C12H10/c1-3-9-7-11-5-2-6-12(11)8-10(9)4-1/h1,3,5-8H,2,4H2. The van der Waals surface area contributed by atoms with Gasteiger partial charge in [-0.2, -0.15) is 0 Å². The Morgan fingerprint density at radius 2 is 1.83 bits per heavy atom. The predicted octanol–water partition coefficient (Wildman–Crippen LogP) is 1.22. The molecule has 0 atom stereocenters. The smallest absolute Gasteiger partial charge is 0.00880 e. The maximum absolute atomic E-state index is 2.33. The molecule has 0 fully saturated rings. The molecule has 12 heavy (non-hydrogen) atoms. The molecule has 0 nitrogen and oxygen atoms in total. The van der Waals surface area contributed by atoms with E-state index in [2.05, 4.69) is 36.4 Å². The van der Waals surface area contributed by atoms with Crippen LogP contribution in [0.25, 0.3) is 18.2 Å². The Balaban J connectivity index is 2.45. The summed E-state index contributed by atoms with van der Waals surface area (Å²) < 4.78 is 0. The van der Waals surface area contributed by atoms with Crippen LogP contribution < -0.4 is 10.4 Å². The monoisotopic (exact) mass is 154 g/mol. The Kier molecular flexibility index (Phi) is 1.09. The first kappa shape index (κ1) is 6.24. The molecule has 0 unspecified atom stereocenters. The summed E-state index contributed by atoms with van der Waals surface area (Å²) in [6.07, 6.45) is 11.3. The van der Waals surface area contributed by atoms with Gasteiger partial charge in [-0.1, -0.05) is 30.4 Å². The van der Waals surface area contributed by atoms with Crippen LogP contribution >= 0.6 is 0 Å². The molecular formula is C12H10. The van der Waals surface area contributed by atoms with Crippen molar-refractivity contribution in [2.75, 3.05) is 0 Å². The van der Waals surface area contributed by atoms with E-state index in [1.807, 2.05) is 0 Å². The van der Waals surface area contributed by atoms with Crippen molar-refractivity contribution in [1.29, 1.82) is 0 Å². The van der Waals surface area contributed by atoms with Gasteiger partial charge in [0.1, 0.15) is 0 Å². The van der Waals surface area contributed by atoms with E-state index in [4.69, 9.17) is 0 Å². The number of benzene rings is 1. The van der Waals surface area contributed by atoms with Gasteiger partial charge in [0.15, 0.2) is 0 Å². The van der Waals surface area contributed by atoms with Crippen LogP contribution in [0, 0.1) is 0 Å². The number of fused-ring (bicyclic) bond motifs is 2. The van der Waals surface area contributed by atoms with Crippen molar-refractivity contribution >= 4 is 18.2 Å². The zero-order valence-electron chi connectivity index (χ0n) is 6.88. The highest BCUT2D eigenvalue weighted by atomic mass is 14.1. The van der Waals surface area contributed by atoms with Crippen molar-refractivity contribution < 1.29 is 0 Å². The van der Waals surface area contributed by atoms with E-state index < -0.39 is 0 Å². The van der Waals surface area contributed by atoms with Gasteiger partial charge in [-0.3, -0.25) is 0 Å². The van der Waals surface area contributed by atoms with E-state index in [-0.39, 0.29) is 0 Å². The molecule has 0 amide bonds. The third-order valence-corrected chi connectivity index (χ3v) is 2.66. The van der Waals surface area contributed by atoms with Crippen LogP contribution in [0.3, 0.4) is 0 Å². The van der Waals surface area contributed by atoms with Gasteiger partial charge in [-0.15, -0.1) is 0 Å². The summed E-state index contributed by atoms with van der Waals surface area (Å²) >= 11 is 0. The zero-order chi connectivity index (χ0) is 7.97. The van der Waals surface area contributed by atoms with Crippen LogP contribution in [0.1, 0.15) is 17.5 Å². The summed E-state index contributed by atoms with van der Waals surface area (Å²) in [7, 11) is 0. The van der Waals surface area contributed by atoms with E-state index in [9.17, 15) is 0 Å². The van der Waals surface area contributed by atoms with E-state index in [1.54, 1.807) is 0 Å². The maximum atomic E-state index is 2.33. The van der Waals surface area contributed by atoms with Gasteiger partial charge in [0.05, 0.1) is 0 Å². The van der Waals surface area contributed by atoms with Gasteiger partial charge < -0.3 is 0 Å². The number of rotatable bonds is 0. The third kappa shape index (κ3) is 0.724. The Morgan fingerprint density at radius 3 is 2.75 bits per heavy atom. The summed E-state index contributed by atoms with van der Waals surface area (Å²) in [5.74, 6) is 0. The lowest BCUT2D eigenvalue weighted by molar-refractivity contribution is 1.29. The van der Waals surface area contributed by atoms with Gasteiger partial charge in [0.2, 0.25) is 0 Å². The molecule has 58 valence electrons. The molecule has 1 aromatic carbocycles. The van der Waals surface area contributed by atoms with Gasteiger partial charge in [-0.05, 0) is 40.5 Å². The van der Waals surface area contributed by atoms with E-state index in [1.165, 1.54) is 21.6 Å². The Bertz CT molecular complexity index is 475. The molecule has 0 spiro atoms. The van der Waals surface area contributed by atoms with Crippen molar-refractivity contribution in [3.05, 3.63) is 39.8 Å². The van der Waals surface area contributed by atoms with Crippen molar-refractivity contribution in [3.63, 3.8) is 0 Å². The van der Waals surface area contributed by atoms with Gasteiger partial charge in [-0.25, -0.2) is 0 Å². The van der Waals surface area contributed by atoms with Crippen LogP contribution in [-0.4, -0.2) is 0 Å². The summed E-state index contributed by atoms with van der Waals surface area (Å²) in [4.78, 5) is 0. The zero-order valence-corrected chi connectivity index (χ0v) is 6.88. The van der Waals surface area contributed by atoms with Crippen LogP contribution in [0.4, 0.5) is 0 Å². The fourth-order valence-corrected chi connectivity index (χ4v) is 2.01. The van der Waals surface area contributed by atoms with E-state index >= 15 is 0 Å². The van der Waals surface area contributed by atoms with Crippen molar-refractivity contribution in [3.8, 4) is 0 Å². The maximum Gasteiger partial charge on any atom is -0.00880 e. The fraction of sp³-hybridized carbons (Fsp3) is 0.167. The second-order valence-electron chi connectivity index (χ2n) is 3.43. The van der Waals surface area contributed by atoms with Crippen molar-refractivity contribution in [1.82, 2.24) is 0 Å². The molecule has 0 saturated carbocycles. The molecule has 0 aliphatic heterocycles. The molecule has 0 radical (unpaired) electrons. The molecule has 0 N–H and O–H groups in total. The Labute approximate surface area is 71.5 Å². The SMILES string of the molecule is C1=Cc2cc3c(cc2C1)=CCC=3. The molecule has 0 aromatic heterocycles. The summed E-state index contributed by atoms with van der Waals surface area (Å²) in [5.41, 5.74) is 2.90. The van der Waals surface area contributed by atoms with E-state index in [0.29, 0.717) is 0 Å². The highest BCUT2D eigenvalue weighted by molar-refractivity contribution is 5.62. The van der Waals surface area contributed by atoms with Crippen LogP contribution in [0.5, 0.6) is 0 Å². The minimum atomic E-state index is 1.11. The second kappa shape index (κ2) is 2.10. The summed E-state index contributed by atoms with van der Waals surface area (Å²) in [6.45, 7) is 0. The third-order valence-electron chi connectivity index (χ3n) is 2.66. The lowest BCUT2D eigenvalue weighted by Crippen LogP contribution is -2.21. The molecule has 1 aromatic rings. The lowest BCUT2D eigenvalue weighted by atomic mass is 10.1. The molecule has 2 aliphatic rings. The first-order valence-electron chi connectivity index (χ1n) is 4.43. The predicted molar refractivity (Wildman–Crippen MR) is 52.0 cm³/mol. The first-order chi connectivity index (χ1) is 5.93. The molecule has 0 bridgehead atoms. The summed E-state index contributed by atoms with van der Waals surface area (Å²) in [6, 6.07) is 4.63. The quantitative estimate of drug-likeness (QED) is 0.527. The largest absolute Gasteiger partial charge is 0.0795 e. The van der Waals surface area contributed by atoms with Gasteiger partial charge >= 0.3 is 0 Å². The number of hydrogen-bond donors (Lipinski definition) is 0. The molecule has 0 saturated heterocycles. The molecule has 0 heterocycles. The summed E-state index contributed by atoms with van der Waals surface area (Å²) in [5, 5.41) is 2.85. The van der Waals surface area contributed by atoms with Gasteiger partial charge in [0, 0.05) is 0 Å². The average molecular weight is 154 g/mol. The Hall–Kier alpha value is -1.30. The minimum Gasteiger partial charge on any atom is -0.0795 e. The number of hydrogen-bond acceptors (Lipinski definition) is 0. The van der Waals surface area contributed by atoms with Crippen molar-refractivity contribution in [2.24, 2.45) is 0 Å². The number of allylic oxidation sites excluding steroid dienone is 1. The lowest BCUT2D eigenvalue weighted by Gasteiger charge is -1.96. The van der Waals surface area contributed by atoms with Crippen LogP contribution in [-0.2, 0) is 6.42 Å². The Morgan fingerprint density at radius 1 is 1.00 bits per heavy atom. The minimum absolute atomic E-state index is 1.11. The highest BCUT2D eigenvalue weighted by Crippen LogP contribution is 2.15. The molecule has 0 heteroatoms. The second-order valence-corrected chi connectivity index (χ2v) is 3.43. The first-order valence-corrected chi connectivity index (χ1v) is 4.43. The van der Waals surface area contributed by atoms with Crippen molar-refractivity contribution in [2.45, 2.75) is 12.8 Å². The molecule has 3 rings (SSSR count). The fourth-order valence-electron chi connectivity index (χ4n) is 2.01. The average Bonchev–Trinajstić information content (AvgIpc) is 2.64.